The minimum absolute atomic E-state index is 0.0714. The fourth-order valence-corrected chi connectivity index (χ4v) is 7.01. The molecule has 4 nitrogen and oxygen atoms in total. The third-order valence-electron chi connectivity index (χ3n) is 7.14. The SMILES string of the molecule is COc1c2cccc1Cc1cc(I)cc(c1O)C[C@@H]1C=CC=C(Cc3cc(I)cc(c3O)C2)C1OC. The second-order valence-electron chi connectivity index (χ2n) is 9.44. The molecule has 2 atom stereocenters. The van der Waals surface area contributed by atoms with E-state index in [1.807, 2.05) is 30.3 Å². The van der Waals surface area contributed by atoms with Crippen LogP contribution >= 0.6 is 45.2 Å². The van der Waals surface area contributed by atoms with Crippen molar-refractivity contribution in [2.45, 2.75) is 31.8 Å². The maximum atomic E-state index is 11.3. The zero-order chi connectivity index (χ0) is 25.4. The maximum absolute atomic E-state index is 11.3. The van der Waals surface area contributed by atoms with E-state index >= 15 is 0 Å². The van der Waals surface area contributed by atoms with Crippen molar-refractivity contribution in [3.8, 4) is 17.2 Å². The highest BCUT2D eigenvalue weighted by atomic mass is 127. The molecule has 0 aliphatic heterocycles. The van der Waals surface area contributed by atoms with E-state index in [1.165, 1.54) is 0 Å². The average Bonchev–Trinajstić information content (AvgIpc) is 2.84. The average molecular weight is 706 g/mol. The summed E-state index contributed by atoms with van der Waals surface area (Å²) >= 11 is 4.65. The Morgan fingerprint density at radius 1 is 0.778 bits per heavy atom. The molecule has 0 heterocycles. The fourth-order valence-electron chi connectivity index (χ4n) is 5.51. The molecular formula is C30H28I2O4. The number of allylic oxidation sites excluding steroid dienone is 2. The Kier molecular flexibility index (Phi) is 7.65. The molecule has 0 saturated carbocycles. The van der Waals surface area contributed by atoms with Crippen molar-refractivity contribution in [2.24, 2.45) is 5.92 Å². The lowest BCUT2D eigenvalue weighted by molar-refractivity contribution is 0.0938. The summed E-state index contributed by atoms with van der Waals surface area (Å²) in [4.78, 5) is 0. The van der Waals surface area contributed by atoms with Gasteiger partial charge < -0.3 is 19.7 Å². The van der Waals surface area contributed by atoms with E-state index in [1.54, 1.807) is 14.2 Å². The van der Waals surface area contributed by atoms with Gasteiger partial charge in [-0.1, -0.05) is 36.4 Å². The van der Waals surface area contributed by atoms with E-state index < -0.39 is 0 Å². The lowest BCUT2D eigenvalue weighted by Gasteiger charge is -2.30. The summed E-state index contributed by atoms with van der Waals surface area (Å²) in [6, 6.07) is 14.3. The number of benzene rings is 3. The minimum atomic E-state index is -0.142. The predicted molar refractivity (Wildman–Crippen MR) is 159 cm³/mol. The van der Waals surface area contributed by atoms with Crippen molar-refractivity contribution in [3.05, 3.63) is 107 Å². The molecule has 0 radical (unpaired) electrons. The van der Waals surface area contributed by atoms with Crippen LogP contribution in [0.15, 0.2) is 66.3 Å². The van der Waals surface area contributed by atoms with Crippen molar-refractivity contribution < 1.29 is 19.7 Å². The molecule has 1 unspecified atom stereocenters. The first kappa shape index (κ1) is 25.6. The zero-order valence-corrected chi connectivity index (χ0v) is 24.5. The number of phenols is 2. The summed E-state index contributed by atoms with van der Waals surface area (Å²) in [6.07, 6.45) is 8.54. The first-order valence-corrected chi connectivity index (χ1v) is 14.1. The Hall–Kier alpha value is -2.04. The highest BCUT2D eigenvalue weighted by molar-refractivity contribution is 14.1. The standard InChI is InChI=1S/C30H28I2O4/c1-35-29-17-5-3-6-18(29)10-22-14-26(32)16-24(28(22)34)12-20-8-4-7-19(30(20)36-2)11-23-15-25(31)13-21(9-17)27(23)33/h3-8,13-17,29,33-34H,9-12H2,1-2H3/t17-,29?/m0/s1. The molecule has 0 fully saturated rings. The largest absolute Gasteiger partial charge is 0.507 e. The molecule has 6 heteroatoms. The van der Waals surface area contributed by atoms with Crippen LogP contribution in [0.3, 0.4) is 0 Å². The van der Waals surface area contributed by atoms with Gasteiger partial charge in [-0.2, -0.15) is 0 Å². The number of aromatic hydroxyl groups is 2. The highest BCUT2D eigenvalue weighted by Crippen LogP contribution is 2.39. The summed E-state index contributed by atoms with van der Waals surface area (Å²) in [7, 11) is 3.42. The molecule has 2 aliphatic rings. The van der Waals surface area contributed by atoms with E-state index in [2.05, 4.69) is 75.5 Å². The Balaban J connectivity index is 1.72. The van der Waals surface area contributed by atoms with Gasteiger partial charge in [0.25, 0.3) is 0 Å². The summed E-state index contributed by atoms with van der Waals surface area (Å²) < 4.78 is 14.1. The van der Waals surface area contributed by atoms with Gasteiger partial charge >= 0.3 is 0 Å². The number of para-hydroxylation sites is 1. The number of halogens is 2. The van der Waals surface area contributed by atoms with Crippen molar-refractivity contribution >= 4 is 45.2 Å². The Morgan fingerprint density at radius 2 is 1.33 bits per heavy atom. The van der Waals surface area contributed by atoms with Crippen molar-refractivity contribution in [3.63, 3.8) is 0 Å². The molecule has 2 N–H and O–H groups in total. The fraction of sp³-hybridized carbons (Fsp3) is 0.267. The van der Waals surface area contributed by atoms with Crippen LogP contribution in [0.2, 0.25) is 0 Å². The van der Waals surface area contributed by atoms with Gasteiger partial charge in [0.15, 0.2) is 0 Å². The molecule has 3 aromatic carbocycles. The third kappa shape index (κ3) is 5.04. The second-order valence-corrected chi connectivity index (χ2v) is 11.9. The van der Waals surface area contributed by atoms with E-state index in [4.69, 9.17) is 9.47 Å². The van der Waals surface area contributed by atoms with Gasteiger partial charge in [0.2, 0.25) is 0 Å². The Morgan fingerprint density at radius 3 is 1.92 bits per heavy atom. The van der Waals surface area contributed by atoms with E-state index in [9.17, 15) is 10.2 Å². The van der Waals surface area contributed by atoms with Crippen LogP contribution in [0.4, 0.5) is 0 Å². The first-order chi connectivity index (χ1) is 17.4. The second kappa shape index (κ2) is 10.8. The van der Waals surface area contributed by atoms with Crippen molar-refractivity contribution in [1.82, 2.24) is 0 Å². The summed E-state index contributed by atoms with van der Waals surface area (Å²) in [5.74, 6) is 1.54. The Bertz CT molecular complexity index is 1380. The van der Waals surface area contributed by atoms with E-state index in [0.29, 0.717) is 37.2 Å². The highest BCUT2D eigenvalue weighted by Gasteiger charge is 2.28. The molecule has 36 heavy (non-hydrogen) atoms. The summed E-state index contributed by atoms with van der Waals surface area (Å²) in [5, 5.41) is 22.7. The number of ether oxygens (including phenoxy) is 2. The number of fused-ring (bicyclic) bond motifs is 8. The number of methoxy groups -OCH3 is 2. The zero-order valence-electron chi connectivity index (χ0n) is 20.2. The first-order valence-electron chi connectivity index (χ1n) is 11.9. The molecule has 0 amide bonds. The van der Waals surface area contributed by atoms with Crippen molar-refractivity contribution in [2.75, 3.05) is 14.2 Å². The number of hydrogen-bond acceptors (Lipinski definition) is 4. The van der Waals surface area contributed by atoms with Crippen LogP contribution in [0.1, 0.15) is 33.4 Å². The van der Waals surface area contributed by atoms with Gasteiger partial charge in [0, 0.05) is 33.0 Å². The molecule has 5 rings (SSSR count). The monoisotopic (exact) mass is 706 g/mol. The van der Waals surface area contributed by atoms with Gasteiger partial charge in [-0.15, -0.1) is 0 Å². The minimum Gasteiger partial charge on any atom is -0.507 e. The van der Waals surface area contributed by atoms with Gasteiger partial charge in [-0.3, -0.25) is 0 Å². The molecule has 0 spiro atoms. The molecule has 3 aromatic rings. The van der Waals surface area contributed by atoms with Crippen LogP contribution in [0.25, 0.3) is 0 Å². The van der Waals surface area contributed by atoms with Crippen molar-refractivity contribution in [1.29, 1.82) is 0 Å². The Labute approximate surface area is 239 Å². The van der Waals surface area contributed by atoms with Crippen LogP contribution in [0, 0.1) is 13.1 Å². The van der Waals surface area contributed by atoms with E-state index in [0.717, 1.165) is 51.8 Å². The molecule has 2 aliphatic carbocycles. The van der Waals surface area contributed by atoms with Crippen LogP contribution in [-0.2, 0) is 30.4 Å². The molecule has 186 valence electrons. The number of phenolic OH excluding ortho intramolecular Hbond substituents is 2. The van der Waals surface area contributed by atoms with Crippen LogP contribution < -0.4 is 4.74 Å². The molecule has 0 saturated heterocycles. The molecular weight excluding hydrogens is 678 g/mol. The lowest BCUT2D eigenvalue weighted by atomic mass is 9.82. The van der Waals surface area contributed by atoms with Crippen LogP contribution in [-0.4, -0.2) is 30.5 Å². The third-order valence-corrected chi connectivity index (χ3v) is 8.38. The van der Waals surface area contributed by atoms with Crippen LogP contribution in [0.5, 0.6) is 17.2 Å². The van der Waals surface area contributed by atoms with Gasteiger partial charge in [0.05, 0.1) is 13.2 Å². The van der Waals surface area contributed by atoms with Gasteiger partial charge in [-0.25, -0.2) is 0 Å². The summed E-state index contributed by atoms with van der Waals surface area (Å²) in [5.41, 5.74) is 6.68. The summed E-state index contributed by atoms with van der Waals surface area (Å²) in [6.45, 7) is 0. The maximum Gasteiger partial charge on any atom is 0.125 e. The number of rotatable bonds is 2. The topological polar surface area (TPSA) is 58.9 Å². The quantitative estimate of drug-likeness (QED) is 0.291. The smallest absolute Gasteiger partial charge is 0.125 e. The molecule has 8 bridgehead atoms. The van der Waals surface area contributed by atoms with Gasteiger partial charge in [0.1, 0.15) is 17.2 Å². The van der Waals surface area contributed by atoms with E-state index in [-0.39, 0.29) is 12.0 Å². The van der Waals surface area contributed by atoms with Gasteiger partial charge in [-0.05, 0) is 121 Å². The predicted octanol–water partition coefficient (Wildman–Crippen LogP) is 6.72. The normalized spacial score (nSPS) is 19.1. The number of hydrogen-bond donors (Lipinski definition) is 2. The lowest BCUT2D eigenvalue weighted by Crippen LogP contribution is -2.28. The molecule has 0 aromatic heterocycles.